The van der Waals surface area contributed by atoms with Gasteiger partial charge in [0.15, 0.2) is 0 Å². The van der Waals surface area contributed by atoms with E-state index in [9.17, 15) is 4.79 Å². The van der Waals surface area contributed by atoms with E-state index in [1.54, 1.807) is 0 Å². The van der Waals surface area contributed by atoms with Crippen molar-refractivity contribution >= 4 is 39.1 Å². The number of hydrogen-bond acceptors (Lipinski definition) is 8. The van der Waals surface area contributed by atoms with Crippen LogP contribution in [0.1, 0.15) is 15.4 Å². The summed E-state index contributed by atoms with van der Waals surface area (Å²) < 4.78 is 5.41. The molecule has 1 aliphatic heterocycles. The largest absolute Gasteiger partial charge is 0.397 e. The van der Waals surface area contributed by atoms with Crippen molar-refractivity contribution in [3.8, 4) is 11.4 Å². The molecule has 0 atom stereocenters. The number of fused-ring (bicyclic) bond motifs is 1. The van der Waals surface area contributed by atoms with Crippen LogP contribution >= 0.6 is 11.3 Å². The predicted molar refractivity (Wildman–Crippen MR) is 101 cm³/mol. The number of anilines is 2. The van der Waals surface area contributed by atoms with E-state index in [1.807, 2.05) is 25.1 Å². The fourth-order valence-corrected chi connectivity index (χ4v) is 3.90. The first-order valence-electron chi connectivity index (χ1n) is 8.21. The summed E-state index contributed by atoms with van der Waals surface area (Å²) in [5.41, 5.74) is 14.2. The van der Waals surface area contributed by atoms with Gasteiger partial charge in [-0.15, -0.1) is 11.3 Å². The van der Waals surface area contributed by atoms with Gasteiger partial charge in [0.05, 0.1) is 30.0 Å². The summed E-state index contributed by atoms with van der Waals surface area (Å²) in [6, 6.07) is 5.70. The molecule has 1 amide bonds. The second-order valence-corrected chi connectivity index (χ2v) is 7.02. The third-order valence-electron chi connectivity index (χ3n) is 4.23. The minimum atomic E-state index is -0.568. The summed E-state index contributed by atoms with van der Waals surface area (Å²) in [7, 11) is 0. The zero-order chi connectivity index (χ0) is 18.3. The molecule has 3 aromatic heterocycles. The van der Waals surface area contributed by atoms with Gasteiger partial charge < -0.3 is 21.1 Å². The number of carbonyl (C=O) groups is 1. The summed E-state index contributed by atoms with van der Waals surface area (Å²) in [6.45, 7) is 4.57. The number of ether oxygens (including phenoxy) is 1. The number of hydrogen-bond donors (Lipinski definition) is 2. The number of aryl methyl sites for hydroxylation is 1. The number of nitrogens with zero attached hydrogens (tertiary/aromatic N) is 4. The predicted octanol–water partition coefficient (Wildman–Crippen LogP) is 1.58. The molecule has 0 spiro atoms. The van der Waals surface area contributed by atoms with E-state index in [1.165, 1.54) is 11.3 Å². The highest BCUT2D eigenvalue weighted by Crippen LogP contribution is 2.38. The summed E-state index contributed by atoms with van der Waals surface area (Å²) in [4.78, 5) is 28.7. The highest BCUT2D eigenvalue weighted by atomic mass is 32.1. The van der Waals surface area contributed by atoms with Gasteiger partial charge in [0.1, 0.15) is 15.4 Å². The Hall–Kier alpha value is -2.78. The molecule has 0 radical (unpaired) electrons. The third-order valence-corrected chi connectivity index (χ3v) is 5.34. The lowest BCUT2D eigenvalue weighted by molar-refractivity contribution is 0.100. The highest BCUT2D eigenvalue weighted by Gasteiger charge is 2.23. The van der Waals surface area contributed by atoms with Gasteiger partial charge in [-0.05, 0) is 19.1 Å². The number of morpholine rings is 1. The summed E-state index contributed by atoms with van der Waals surface area (Å²) >= 11 is 1.19. The number of thiophene rings is 1. The molecule has 0 unspecified atom stereocenters. The van der Waals surface area contributed by atoms with Gasteiger partial charge in [-0.1, -0.05) is 6.07 Å². The van der Waals surface area contributed by atoms with Crippen molar-refractivity contribution in [3.63, 3.8) is 0 Å². The first-order valence-corrected chi connectivity index (χ1v) is 9.03. The lowest BCUT2D eigenvalue weighted by Crippen LogP contribution is -2.37. The van der Waals surface area contributed by atoms with E-state index in [2.05, 4.69) is 14.9 Å². The lowest BCUT2D eigenvalue weighted by atomic mass is 10.1. The molecular formula is C17H18N6O2S. The van der Waals surface area contributed by atoms with Gasteiger partial charge in [0.2, 0.25) is 5.95 Å². The van der Waals surface area contributed by atoms with E-state index >= 15 is 0 Å². The zero-order valence-corrected chi connectivity index (χ0v) is 15.0. The molecule has 0 aliphatic carbocycles. The van der Waals surface area contributed by atoms with Gasteiger partial charge in [-0.2, -0.15) is 0 Å². The molecule has 0 bridgehead atoms. The van der Waals surface area contributed by atoms with Gasteiger partial charge >= 0.3 is 0 Å². The quantitative estimate of drug-likeness (QED) is 0.718. The number of aromatic nitrogens is 3. The second-order valence-electron chi connectivity index (χ2n) is 6.03. The van der Waals surface area contributed by atoms with Crippen LogP contribution in [0.25, 0.3) is 21.6 Å². The van der Waals surface area contributed by atoms with Gasteiger partial charge in [-0.25, -0.2) is 9.97 Å². The maximum absolute atomic E-state index is 11.7. The summed E-state index contributed by atoms with van der Waals surface area (Å²) in [5.74, 6) is 0.0120. The van der Waals surface area contributed by atoms with Crippen LogP contribution in [0.3, 0.4) is 0 Å². The number of carbonyl (C=O) groups excluding carboxylic acids is 1. The molecule has 8 nitrogen and oxygen atoms in total. The second kappa shape index (κ2) is 6.50. The molecule has 4 N–H and O–H groups in total. The molecule has 1 saturated heterocycles. The van der Waals surface area contributed by atoms with Gasteiger partial charge in [0.25, 0.3) is 5.91 Å². The van der Waals surface area contributed by atoms with Crippen LogP contribution in [0.2, 0.25) is 0 Å². The molecule has 0 saturated carbocycles. The van der Waals surface area contributed by atoms with Crippen LogP contribution in [-0.2, 0) is 4.74 Å². The Balaban J connectivity index is 1.97. The van der Waals surface area contributed by atoms with Crippen LogP contribution in [0.15, 0.2) is 18.2 Å². The Morgan fingerprint density at radius 3 is 2.69 bits per heavy atom. The van der Waals surface area contributed by atoms with Crippen LogP contribution in [0, 0.1) is 6.92 Å². The van der Waals surface area contributed by atoms with Crippen molar-refractivity contribution in [2.24, 2.45) is 5.73 Å². The van der Waals surface area contributed by atoms with Crippen molar-refractivity contribution in [3.05, 3.63) is 28.8 Å². The molecular weight excluding hydrogens is 352 g/mol. The number of primary amides is 1. The SMILES string of the molecule is Cc1cccc(-c2nc(N3CCOCC3)nc3sc(C(N)=O)c(N)c23)n1. The summed E-state index contributed by atoms with van der Waals surface area (Å²) in [6.07, 6.45) is 0. The van der Waals surface area contributed by atoms with Gasteiger partial charge in [0, 0.05) is 18.8 Å². The molecule has 9 heteroatoms. The Labute approximate surface area is 153 Å². The van der Waals surface area contributed by atoms with Crippen molar-refractivity contribution in [1.82, 2.24) is 15.0 Å². The Morgan fingerprint density at radius 2 is 2.00 bits per heavy atom. The minimum Gasteiger partial charge on any atom is -0.397 e. The molecule has 1 fully saturated rings. The maximum atomic E-state index is 11.7. The fourth-order valence-electron chi connectivity index (χ4n) is 2.96. The maximum Gasteiger partial charge on any atom is 0.260 e. The van der Waals surface area contributed by atoms with E-state index in [0.29, 0.717) is 64.4 Å². The highest BCUT2D eigenvalue weighted by molar-refractivity contribution is 7.21. The molecule has 3 aromatic rings. The number of nitrogens with two attached hydrogens (primary N) is 2. The van der Waals surface area contributed by atoms with E-state index in [4.69, 9.17) is 21.2 Å². The van der Waals surface area contributed by atoms with Crippen LogP contribution in [0.5, 0.6) is 0 Å². The van der Waals surface area contributed by atoms with Crippen molar-refractivity contribution in [2.75, 3.05) is 36.9 Å². The van der Waals surface area contributed by atoms with Gasteiger partial charge in [-0.3, -0.25) is 9.78 Å². The Morgan fingerprint density at radius 1 is 1.23 bits per heavy atom. The molecule has 0 aromatic carbocycles. The minimum absolute atomic E-state index is 0.294. The first-order chi connectivity index (χ1) is 12.5. The van der Waals surface area contributed by atoms with E-state index in [0.717, 1.165) is 5.69 Å². The number of amides is 1. The zero-order valence-electron chi connectivity index (χ0n) is 14.2. The summed E-state index contributed by atoms with van der Waals surface area (Å²) in [5, 5.41) is 0.624. The molecule has 4 heterocycles. The average molecular weight is 370 g/mol. The monoisotopic (exact) mass is 370 g/mol. The third kappa shape index (κ3) is 2.85. The smallest absolute Gasteiger partial charge is 0.260 e. The van der Waals surface area contributed by atoms with Crippen LogP contribution in [0.4, 0.5) is 11.6 Å². The molecule has 4 rings (SSSR count). The van der Waals surface area contributed by atoms with E-state index < -0.39 is 5.91 Å². The van der Waals surface area contributed by atoms with Crippen molar-refractivity contribution < 1.29 is 9.53 Å². The number of rotatable bonds is 3. The fraction of sp³-hybridized carbons (Fsp3) is 0.294. The number of pyridine rings is 1. The molecule has 26 heavy (non-hydrogen) atoms. The van der Waals surface area contributed by atoms with E-state index in [-0.39, 0.29) is 0 Å². The molecule has 1 aliphatic rings. The average Bonchev–Trinajstić information content (AvgIpc) is 2.99. The lowest BCUT2D eigenvalue weighted by Gasteiger charge is -2.27. The normalized spacial score (nSPS) is 14.7. The Kier molecular flexibility index (Phi) is 4.17. The first kappa shape index (κ1) is 16.7. The van der Waals surface area contributed by atoms with Crippen LogP contribution < -0.4 is 16.4 Å². The topological polar surface area (TPSA) is 120 Å². The Bertz CT molecular complexity index is 996. The standard InChI is InChI=1S/C17H18N6O2S/c1-9-3-2-4-10(20-9)13-11-12(18)14(15(19)24)26-16(11)22-17(21-13)23-5-7-25-8-6-23/h2-4H,5-8,18H2,1H3,(H2,19,24). The van der Waals surface area contributed by atoms with Crippen molar-refractivity contribution in [1.29, 1.82) is 0 Å². The molecule has 134 valence electrons. The van der Waals surface area contributed by atoms with Crippen LogP contribution in [-0.4, -0.2) is 47.2 Å². The van der Waals surface area contributed by atoms with Crippen molar-refractivity contribution in [2.45, 2.75) is 6.92 Å². The number of nitrogen functional groups attached to an aromatic ring is 1.